The fourth-order valence-electron chi connectivity index (χ4n) is 2.84. The first kappa shape index (κ1) is 20.8. The number of hydrogen-bond acceptors (Lipinski definition) is 5. The second-order valence-corrected chi connectivity index (χ2v) is 6.65. The van der Waals surface area contributed by atoms with Crippen molar-refractivity contribution in [3.63, 3.8) is 0 Å². The van der Waals surface area contributed by atoms with Crippen LogP contribution in [0.3, 0.4) is 0 Å². The first-order chi connectivity index (χ1) is 14.3. The fourth-order valence-corrected chi connectivity index (χ4v) is 2.84. The van der Waals surface area contributed by atoms with Crippen LogP contribution in [-0.2, 0) is 20.8 Å². The van der Waals surface area contributed by atoms with E-state index in [4.69, 9.17) is 9.84 Å². The number of ether oxygens (including phenoxy) is 1. The quantitative estimate of drug-likeness (QED) is 0.561. The monoisotopic (exact) mass is 408 g/mol. The summed E-state index contributed by atoms with van der Waals surface area (Å²) in [6.45, 7) is 3.40. The van der Waals surface area contributed by atoms with Gasteiger partial charge in [0.05, 0.1) is 5.69 Å². The van der Waals surface area contributed by atoms with Crippen molar-refractivity contribution in [3.8, 4) is 5.75 Å². The van der Waals surface area contributed by atoms with E-state index in [0.29, 0.717) is 17.0 Å². The van der Waals surface area contributed by atoms with Gasteiger partial charge in [-0.3, -0.25) is 14.9 Å². The molecule has 1 atom stereocenters. The average Bonchev–Trinajstić information content (AvgIpc) is 2.72. The number of imide groups is 2. The number of barbiturate groups is 1. The van der Waals surface area contributed by atoms with Crippen molar-refractivity contribution < 1.29 is 29.0 Å². The summed E-state index contributed by atoms with van der Waals surface area (Å²) in [7, 11) is 0. The number of urea groups is 1. The van der Waals surface area contributed by atoms with Gasteiger partial charge in [0.1, 0.15) is 11.3 Å². The summed E-state index contributed by atoms with van der Waals surface area (Å²) >= 11 is 0. The Hall–Kier alpha value is -3.94. The smallest absolute Gasteiger partial charge is 0.344 e. The number of carboxylic acids is 1. The third-order valence-corrected chi connectivity index (χ3v) is 4.56. The van der Waals surface area contributed by atoms with Crippen molar-refractivity contribution in [3.05, 3.63) is 65.2 Å². The highest BCUT2D eigenvalue weighted by atomic mass is 16.5. The van der Waals surface area contributed by atoms with Crippen LogP contribution in [0.5, 0.6) is 5.75 Å². The summed E-state index contributed by atoms with van der Waals surface area (Å²) in [6, 6.07) is 12.3. The van der Waals surface area contributed by atoms with Crippen molar-refractivity contribution in [2.24, 2.45) is 0 Å². The van der Waals surface area contributed by atoms with Gasteiger partial charge in [-0.1, -0.05) is 31.2 Å². The molecule has 0 radical (unpaired) electrons. The molecule has 1 unspecified atom stereocenters. The van der Waals surface area contributed by atoms with Crippen LogP contribution in [0.15, 0.2) is 54.1 Å². The maximum Gasteiger partial charge on any atom is 0.344 e. The molecule has 0 aliphatic carbocycles. The number of carboxylic acid groups (broad SMARTS) is 1. The predicted molar refractivity (Wildman–Crippen MR) is 109 cm³/mol. The SMILES string of the molecule is CCc1ccc(N2C(=O)NC(=O)/C(=C/c3ccc(OC(C)C(=O)O)cc3)C2=O)cc1. The molecule has 0 saturated carbocycles. The predicted octanol–water partition coefficient (Wildman–Crippen LogP) is 2.77. The highest BCUT2D eigenvalue weighted by molar-refractivity contribution is 6.39. The van der Waals surface area contributed by atoms with E-state index < -0.39 is 29.9 Å². The molecule has 8 heteroatoms. The molecule has 8 nitrogen and oxygen atoms in total. The molecule has 1 fully saturated rings. The van der Waals surface area contributed by atoms with Crippen LogP contribution in [0.1, 0.15) is 25.0 Å². The number of hydrogen-bond donors (Lipinski definition) is 2. The summed E-state index contributed by atoms with van der Waals surface area (Å²) in [5.41, 5.74) is 1.73. The lowest BCUT2D eigenvalue weighted by molar-refractivity contribution is -0.144. The maximum absolute atomic E-state index is 12.9. The van der Waals surface area contributed by atoms with Gasteiger partial charge >= 0.3 is 12.0 Å². The molecule has 0 bridgehead atoms. The second-order valence-electron chi connectivity index (χ2n) is 6.65. The van der Waals surface area contributed by atoms with E-state index in [1.54, 1.807) is 24.3 Å². The van der Waals surface area contributed by atoms with Crippen LogP contribution in [0, 0.1) is 0 Å². The number of aliphatic carboxylic acids is 1. The lowest BCUT2D eigenvalue weighted by Crippen LogP contribution is -2.54. The number of carbonyl (C=O) groups excluding carboxylic acids is 3. The minimum absolute atomic E-state index is 0.193. The van der Waals surface area contributed by atoms with Gasteiger partial charge in [0.2, 0.25) is 0 Å². The molecule has 2 aromatic rings. The molecule has 154 valence electrons. The van der Waals surface area contributed by atoms with Crippen LogP contribution in [0.4, 0.5) is 10.5 Å². The Kier molecular flexibility index (Phi) is 5.96. The lowest BCUT2D eigenvalue weighted by Gasteiger charge is -2.26. The van der Waals surface area contributed by atoms with Gasteiger partial charge in [-0.15, -0.1) is 0 Å². The number of anilines is 1. The van der Waals surface area contributed by atoms with Gasteiger partial charge < -0.3 is 9.84 Å². The van der Waals surface area contributed by atoms with E-state index in [9.17, 15) is 19.2 Å². The number of aryl methyl sites for hydroxylation is 1. The van der Waals surface area contributed by atoms with Gasteiger partial charge in [0.25, 0.3) is 11.8 Å². The Morgan fingerprint density at radius 2 is 1.73 bits per heavy atom. The minimum Gasteiger partial charge on any atom is -0.479 e. The number of carbonyl (C=O) groups is 4. The van der Waals surface area contributed by atoms with E-state index in [1.165, 1.54) is 25.1 Å². The highest BCUT2D eigenvalue weighted by Crippen LogP contribution is 2.23. The Balaban J connectivity index is 1.85. The van der Waals surface area contributed by atoms with Crippen LogP contribution < -0.4 is 15.0 Å². The molecule has 1 saturated heterocycles. The molecule has 1 heterocycles. The third-order valence-electron chi connectivity index (χ3n) is 4.56. The number of amides is 4. The van der Waals surface area contributed by atoms with Gasteiger partial charge in [-0.25, -0.2) is 14.5 Å². The van der Waals surface area contributed by atoms with Crippen LogP contribution in [0.25, 0.3) is 6.08 Å². The van der Waals surface area contributed by atoms with Crippen LogP contribution >= 0.6 is 0 Å². The van der Waals surface area contributed by atoms with Crippen LogP contribution in [0.2, 0.25) is 0 Å². The topological polar surface area (TPSA) is 113 Å². The van der Waals surface area contributed by atoms with Gasteiger partial charge in [-0.2, -0.15) is 0 Å². The summed E-state index contributed by atoms with van der Waals surface area (Å²) in [6.07, 6.45) is 1.16. The van der Waals surface area contributed by atoms with Gasteiger partial charge in [0.15, 0.2) is 6.10 Å². The molecule has 4 amide bonds. The third kappa shape index (κ3) is 4.38. The maximum atomic E-state index is 12.9. The Bertz CT molecular complexity index is 1020. The van der Waals surface area contributed by atoms with Crippen molar-refractivity contribution in [2.45, 2.75) is 26.4 Å². The largest absolute Gasteiger partial charge is 0.479 e. The summed E-state index contributed by atoms with van der Waals surface area (Å²) in [5, 5.41) is 11.1. The Morgan fingerprint density at radius 3 is 2.30 bits per heavy atom. The first-order valence-electron chi connectivity index (χ1n) is 9.30. The zero-order valence-corrected chi connectivity index (χ0v) is 16.4. The normalized spacial score (nSPS) is 16.4. The van der Waals surface area contributed by atoms with Gasteiger partial charge in [-0.05, 0) is 54.8 Å². The molecular formula is C22H20N2O6. The van der Waals surface area contributed by atoms with Gasteiger partial charge in [0, 0.05) is 0 Å². The van der Waals surface area contributed by atoms with E-state index in [0.717, 1.165) is 16.9 Å². The van der Waals surface area contributed by atoms with Crippen molar-refractivity contribution >= 4 is 35.6 Å². The first-order valence-corrected chi connectivity index (χ1v) is 9.30. The summed E-state index contributed by atoms with van der Waals surface area (Å²) in [4.78, 5) is 49.2. The number of rotatable bonds is 6. The highest BCUT2D eigenvalue weighted by Gasteiger charge is 2.36. The second kappa shape index (κ2) is 8.60. The van der Waals surface area contributed by atoms with E-state index in [2.05, 4.69) is 5.32 Å². The fraction of sp³-hybridized carbons (Fsp3) is 0.182. The lowest BCUT2D eigenvalue weighted by atomic mass is 10.1. The molecule has 1 aliphatic heterocycles. The molecule has 3 rings (SSSR count). The standard InChI is InChI=1S/C22H20N2O6/c1-3-14-4-8-16(9-5-14)24-20(26)18(19(25)23-22(24)29)12-15-6-10-17(11-7-15)30-13(2)21(27)28/h4-13H,3H2,1-2H3,(H,27,28)(H,23,25,29)/b18-12-. The van der Waals surface area contributed by atoms with E-state index in [-0.39, 0.29) is 5.57 Å². The van der Waals surface area contributed by atoms with E-state index >= 15 is 0 Å². The Labute approximate surface area is 172 Å². The van der Waals surface area contributed by atoms with E-state index in [1.807, 2.05) is 19.1 Å². The molecule has 0 aromatic heterocycles. The molecule has 30 heavy (non-hydrogen) atoms. The summed E-state index contributed by atoms with van der Waals surface area (Å²) < 4.78 is 5.25. The zero-order chi connectivity index (χ0) is 21.8. The van der Waals surface area contributed by atoms with Crippen LogP contribution in [-0.4, -0.2) is 35.0 Å². The molecule has 0 spiro atoms. The number of nitrogens with zero attached hydrogens (tertiary/aromatic N) is 1. The van der Waals surface area contributed by atoms with Crippen molar-refractivity contribution in [1.82, 2.24) is 5.32 Å². The molecular weight excluding hydrogens is 388 g/mol. The molecule has 2 aromatic carbocycles. The van der Waals surface area contributed by atoms with Crippen molar-refractivity contribution in [2.75, 3.05) is 4.90 Å². The Morgan fingerprint density at radius 1 is 1.10 bits per heavy atom. The summed E-state index contributed by atoms with van der Waals surface area (Å²) in [5.74, 6) is -2.28. The number of benzene rings is 2. The van der Waals surface area contributed by atoms with Crippen molar-refractivity contribution in [1.29, 1.82) is 0 Å². The zero-order valence-electron chi connectivity index (χ0n) is 16.4. The molecule has 1 aliphatic rings. The average molecular weight is 408 g/mol. The molecule has 2 N–H and O–H groups in total. The minimum atomic E-state index is -1.10. The number of nitrogens with one attached hydrogen (secondary N) is 1.